The van der Waals surface area contributed by atoms with Crippen LogP contribution in [0.2, 0.25) is 0 Å². The van der Waals surface area contributed by atoms with Gasteiger partial charge in [0.05, 0.1) is 5.52 Å². The minimum atomic E-state index is -0.297. The zero-order valence-corrected chi connectivity index (χ0v) is 6.77. The van der Waals surface area contributed by atoms with Crippen molar-refractivity contribution in [2.45, 2.75) is 0 Å². The maximum absolute atomic E-state index is 11.2. The third kappa shape index (κ3) is 1.33. The van der Waals surface area contributed by atoms with Crippen molar-refractivity contribution in [3.8, 4) is 0 Å². The fourth-order valence-corrected chi connectivity index (χ4v) is 1.07. The Morgan fingerprint density at radius 2 is 1.92 bits per heavy atom. The van der Waals surface area contributed by atoms with Crippen molar-refractivity contribution in [1.29, 1.82) is 0 Å². The van der Waals surface area contributed by atoms with Crippen molar-refractivity contribution in [3.05, 3.63) is 40.6 Å². The van der Waals surface area contributed by atoms with Crippen molar-refractivity contribution in [1.82, 2.24) is 10.2 Å². The molecule has 0 aliphatic carbocycles. The van der Waals surface area contributed by atoms with Gasteiger partial charge in [0.2, 0.25) is 5.43 Å². The van der Waals surface area contributed by atoms with Gasteiger partial charge in [0, 0.05) is 5.39 Å². The molecule has 0 saturated carbocycles. The van der Waals surface area contributed by atoms with Crippen LogP contribution in [-0.2, 0) is 0 Å². The molecule has 0 radical (unpaired) electrons. The standard InChI is InChI=1S/C9H7N3O/c10-9-8(13)5-6-3-1-2-4-7(6)11-12-9/h1-5H,(H2,10,12,13). The first-order chi connectivity index (χ1) is 6.27. The van der Waals surface area contributed by atoms with Gasteiger partial charge in [-0.15, -0.1) is 10.2 Å². The van der Waals surface area contributed by atoms with E-state index in [0.717, 1.165) is 5.39 Å². The zero-order valence-electron chi connectivity index (χ0n) is 6.77. The zero-order chi connectivity index (χ0) is 9.26. The average molecular weight is 173 g/mol. The molecule has 4 heteroatoms. The van der Waals surface area contributed by atoms with Gasteiger partial charge in [0.1, 0.15) is 0 Å². The molecular weight excluding hydrogens is 166 g/mol. The molecule has 2 rings (SSSR count). The van der Waals surface area contributed by atoms with E-state index in [9.17, 15) is 4.79 Å². The second kappa shape index (κ2) is 2.82. The van der Waals surface area contributed by atoms with Crippen molar-refractivity contribution in [2.24, 2.45) is 0 Å². The molecule has 4 nitrogen and oxygen atoms in total. The normalized spacial score (nSPS) is 10.2. The molecule has 0 spiro atoms. The Bertz CT molecular complexity index is 510. The summed E-state index contributed by atoms with van der Waals surface area (Å²) < 4.78 is 0. The van der Waals surface area contributed by atoms with Crippen molar-refractivity contribution in [2.75, 3.05) is 5.73 Å². The van der Waals surface area contributed by atoms with Crippen molar-refractivity contribution < 1.29 is 0 Å². The van der Waals surface area contributed by atoms with Gasteiger partial charge in [-0.2, -0.15) is 0 Å². The fourth-order valence-electron chi connectivity index (χ4n) is 1.07. The summed E-state index contributed by atoms with van der Waals surface area (Å²) in [6.07, 6.45) is 0. The molecule has 2 aromatic rings. The summed E-state index contributed by atoms with van der Waals surface area (Å²) in [5.74, 6) is -0.0730. The van der Waals surface area contributed by atoms with Crippen LogP contribution in [0.5, 0.6) is 0 Å². The maximum atomic E-state index is 11.2. The lowest BCUT2D eigenvalue weighted by molar-refractivity contribution is 1.09. The van der Waals surface area contributed by atoms with Gasteiger partial charge in [0.25, 0.3) is 0 Å². The Balaban J connectivity index is 2.97. The van der Waals surface area contributed by atoms with E-state index in [0.29, 0.717) is 5.52 Å². The van der Waals surface area contributed by atoms with E-state index in [4.69, 9.17) is 5.73 Å². The topological polar surface area (TPSA) is 68.9 Å². The van der Waals surface area contributed by atoms with Gasteiger partial charge < -0.3 is 5.73 Å². The Labute approximate surface area is 74.0 Å². The van der Waals surface area contributed by atoms with Gasteiger partial charge in [-0.3, -0.25) is 4.79 Å². The molecule has 13 heavy (non-hydrogen) atoms. The molecule has 2 N–H and O–H groups in total. The summed E-state index contributed by atoms with van der Waals surface area (Å²) >= 11 is 0. The molecule has 0 aliphatic rings. The highest BCUT2D eigenvalue weighted by molar-refractivity contribution is 5.77. The molecule has 1 aromatic heterocycles. The Hall–Kier alpha value is -1.97. The van der Waals surface area contributed by atoms with E-state index in [2.05, 4.69) is 10.2 Å². The second-order valence-corrected chi connectivity index (χ2v) is 2.65. The molecule has 0 atom stereocenters. The molecule has 0 saturated heterocycles. The summed E-state index contributed by atoms with van der Waals surface area (Å²) in [5.41, 5.74) is 5.70. The molecular formula is C9H7N3O. The predicted octanol–water partition coefficient (Wildman–Crippen LogP) is 0.572. The number of nitrogen functional groups attached to an aromatic ring is 1. The van der Waals surface area contributed by atoms with E-state index in [1.807, 2.05) is 12.1 Å². The summed E-state index contributed by atoms with van der Waals surface area (Å²) in [6.45, 7) is 0. The number of aromatic nitrogens is 2. The number of nitrogens with zero attached hydrogens (tertiary/aromatic N) is 2. The minimum absolute atomic E-state index is 0.0730. The molecule has 0 fully saturated rings. The van der Waals surface area contributed by atoms with Crippen LogP contribution in [0.4, 0.5) is 5.82 Å². The minimum Gasteiger partial charge on any atom is -0.379 e. The van der Waals surface area contributed by atoms with Gasteiger partial charge in [-0.05, 0) is 12.1 Å². The van der Waals surface area contributed by atoms with Crippen LogP contribution in [0.1, 0.15) is 0 Å². The van der Waals surface area contributed by atoms with E-state index in [1.54, 1.807) is 12.1 Å². The lowest BCUT2D eigenvalue weighted by Gasteiger charge is -1.85. The molecule has 1 heterocycles. The summed E-state index contributed by atoms with van der Waals surface area (Å²) in [6, 6.07) is 8.67. The lowest BCUT2D eigenvalue weighted by atomic mass is 10.2. The largest absolute Gasteiger partial charge is 0.379 e. The molecule has 64 valence electrons. The lowest BCUT2D eigenvalue weighted by Crippen LogP contribution is -2.05. The van der Waals surface area contributed by atoms with Crippen molar-refractivity contribution in [3.63, 3.8) is 0 Å². The number of benzene rings is 1. The van der Waals surface area contributed by atoms with E-state index < -0.39 is 0 Å². The molecule has 1 aromatic carbocycles. The summed E-state index contributed by atoms with van der Waals surface area (Å²) in [7, 11) is 0. The fraction of sp³-hybridized carbons (Fsp3) is 0. The Morgan fingerprint density at radius 3 is 2.77 bits per heavy atom. The van der Waals surface area contributed by atoms with Crippen LogP contribution < -0.4 is 11.2 Å². The molecule has 0 unspecified atom stereocenters. The third-order valence-corrected chi connectivity index (χ3v) is 1.74. The van der Waals surface area contributed by atoms with E-state index in [-0.39, 0.29) is 11.2 Å². The van der Waals surface area contributed by atoms with Crippen LogP contribution in [0.25, 0.3) is 10.9 Å². The van der Waals surface area contributed by atoms with Crippen LogP contribution in [-0.4, -0.2) is 10.2 Å². The molecule has 0 amide bonds. The highest BCUT2D eigenvalue weighted by atomic mass is 16.1. The second-order valence-electron chi connectivity index (χ2n) is 2.65. The number of rotatable bonds is 0. The first-order valence-electron chi connectivity index (χ1n) is 3.79. The Morgan fingerprint density at radius 1 is 1.15 bits per heavy atom. The highest BCUT2D eigenvalue weighted by Gasteiger charge is 1.96. The first-order valence-corrected chi connectivity index (χ1v) is 3.79. The Kier molecular flexibility index (Phi) is 1.66. The quantitative estimate of drug-likeness (QED) is 0.632. The van der Waals surface area contributed by atoms with Gasteiger partial charge in [-0.1, -0.05) is 18.2 Å². The molecule has 0 bridgehead atoms. The van der Waals surface area contributed by atoms with Crippen LogP contribution in [0.15, 0.2) is 35.1 Å². The van der Waals surface area contributed by atoms with Gasteiger partial charge >= 0.3 is 0 Å². The van der Waals surface area contributed by atoms with Crippen LogP contribution in [0.3, 0.4) is 0 Å². The number of fused-ring (bicyclic) bond motifs is 1. The van der Waals surface area contributed by atoms with E-state index >= 15 is 0 Å². The average Bonchev–Trinajstić information content (AvgIpc) is 2.28. The highest BCUT2D eigenvalue weighted by Crippen LogP contribution is 2.05. The van der Waals surface area contributed by atoms with Crippen LogP contribution >= 0.6 is 0 Å². The van der Waals surface area contributed by atoms with E-state index in [1.165, 1.54) is 6.07 Å². The third-order valence-electron chi connectivity index (χ3n) is 1.74. The van der Waals surface area contributed by atoms with Gasteiger partial charge in [-0.25, -0.2) is 0 Å². The number of nitrogens with two attached hydrogens (primary N) is 1. The van der Waals surface area contributed by atoms with Crippen molar-refractivity contribution >= 4 is 16.7 Å². The number of anilines is 1. The van der Waals surface area contributed by atoms with Gasteiger partial charge in [0.15, 0.2) is 5.82 Å². The predicted molar refractivity (Wildman–Crippen MR) is 50.2 cm³/mol. The summed E-state index contributed by atoms with van der Waals surface area (Å²) in [4.78, 5) is 11.2. The monoisotopic (exact) mass is 173 g/mol. The first kappa shape index (κ1) is 7.67. The smallest absolute Gasteiger partial charge is 0.223 e. The SMILES string of the molecule is Nc1nnc2ccccc2cc1=O. The van der Waals surface area contributed by atoms with Crippen LogP contribution in [0, 0.1) is 0 Å². The maximum Gasteiger partial charge on any atom is 0.223 e. The number of hydrogen-bond donors (Lipinski definition) is 1. The summed E-state index contributed by atoms with van der Waals surface area (Å²) in [5, 5.41) is 8.16. The molecule has 0 aliphatic heterocycles. The number of hydrogen-bond acceptors (Lipinski definition) is 4.